The molecule has 0 fully saturated rings. The van der Waals surface area contributed by atoms with Gasteiger partial charge in [-0.25, -0.2) is 9.37 Å². The van der Waals surface area contributed by atoms with Gasteiger partial charge in [0.2, 0.25) is 11.8 Å². The molecule has 44 heavy (non-hydrogen) atoms. The Bertz CT molecular complexity index is 1310. The Labute approximate surface area is 260 Å². The van der Waals surface area contributed by atoms with Crippen molar-refractivity contribution in [3.8, 4) is 0 Å². The standard InChI is InChI=1S/C29H42ClFN6O7/c30-9-3-1-2-4-11-40-13-15-42-17-19-44-20-18-43-16-14-41-12-10-33-28(39)26-34-24-25(35-29(32)36-27(24)38)37(26)21-22-5-7-23(31)8-6-22/h5-8H,1-4,9-21H2,(H,33,39)(H3,32,35,36,38). The lowest BCUT2D eigenvalue weighted by Crippen LogP contribution is -2.30. The number of imidazole rings is 1. The first-order valence-corrected chi connectivity index (χ1v) is 15.3. The fraction of sp³-hybridized carbons (Fsp3) is 0.586. The van der Waals surface area contributed by atoms with Crippen LogP contribution in [-0.2, 0) is 30.2 Å². The van der Waals surface area contributed by atoms with E-state index in [9.17, 15) is 14.0 Å². The van der Waals surface area contributed by atoms with Gasteiger partial charge in [0.15, 0.2) is 11.2 Å². The van der Waals surface area contributed by atoms with E-state index in [2.05, 4.69) is 20.3 Å². The molecule has 0 aliphatic heterocycles. The topological polar surface area (TPSA) is 165 Å². The van der Waals surface area contributed by atoms with Crippen molar-refractivity contribution in [1.82, 2.24) is 24.8 Å². The van der Waals surface area contributed by atoms with Gasteiger partial charge >= 0.3 is 0 Å². The molecule has 244 valence electrons. The second-order valence-electron chi connectivity index (χ2n) is 9.69. The summed E-state index contributed by atoms with van der Waals surface area (Å²) < 4.78 is 42.3. The summed E-state index contributed by atoms with van der Waals surface area (Å²) in [6, 6.07) is 5.75. The number of aromatic nitrogens is 4. The number of amides is 1. The molecule has 4 N–H and O–H groups in total. The lowest BCUT2D eigenvalue weighted by molar-refractivity contribution is -0.0109. The van der Waals surface area contributed by atoms with Crippen LogP contribution in [0.15, 0.2) is 29.1 Å². The summed E-state index contributed by atoms with van der Waals surface area (Å²) in [5, 5.41) is 2.73. The highest BCUT2D eigenvalue weighted by molar-refractivity contribution is 6.17. The Kier molecular flexibility index (Phi) is 16.7. The van der Waals surface area contributed by atoms with Crippen LogP contribution in [0.5, 0.6) is 0 Å². The highest BCUT2D eigenvalue weighted by Crippen LogP contribution is 2.15. The molecular weight excluding hydrogens is 599 g/mol. The molecule has 15 heteroatoms. The number of hydrogen-bond donors (Lipinski definition) is 3. The molecule has 2 aromatic heterocycles. The zero-order valence-corrected chi connectivity index (χ0v) is 25.6. The number of halogens is 2. The lowest BCUT2D eigenvalue weighted by Gasteiger charge is -2.10. The van der Waals surface area contributed by atoms with Crippen molar-refractivity contribution in [1.29, 1.82) is 0 Å². The second-order valence-corrected chi connectivity index (χ2v) is 10.1. The maximum atomic E-state index is 13.4. The summed E-state index contributed by atoms with van der Waals surface area (Å²) in [6.45, 7) is 5.01. The van der Waals surface area contributed by atoms with Crippen molar-refractivity contribution < 1.29 is 32.9 Å². The Morgan fingerprint density at radius 1 is 0.841 bits per heavy atom. The SMILES string of the molecule is Nc1nc2c(nc(C(=O)NCCOCCOCCOCCOCCOCCCCCCCl)n2Cc2ccc(F)cc2)c(=O)[nH]1. The number of aromatic amines is 1. The third kappa shape index (κ3) is 12.8. The van der Waals surface area contributed by atoms with Crippen LogP contribution in [0, 0.1) is 5.82 Å². The van der Waals surface area contributed by atoms with E-state index in [1.54, 1.807) is 12.1 Å². The maximum absolute atomic E-state index is 13.4. The quantitative estimate of drug-likeness (QED) is 0.0978. The number of fused-ring (bicyclic) bond motifs is 1. The van der Waals surface area contributed by atoms with Crippen molar-refractivity contribution in [3.63, 3.8) is 0 Å². The third-order valence-electron chi connectivity index (χ3n) is 6.27. The summed E-state index contributed by atoms with van der Waals surface area (Å²) in [6.07, 6.45) is 4.39. The van der Waals surface area contributed by atoms with Gasteiger partial charge in [0, 0.05) is 19.0 Å². The molecule has 0 aliphatic carbocycles. The number of H-pyrrole nitrogens is 1. The molecule has 0 spiro atoms. The van der Waals surface area contributed by atoms with E-state index < -0.39 is 17.3 Å². The highest BCUT2D eigenvalue weighted by Gasteiger charge is 2.21. The molecule has 1 aromatic carbocycles. The van der Waals surface area contributed by atoms with Crippen LogP contribution in [0.1, 0.15) is 41.9 Å². The fourth-order valence-corrected chi connectivity index (χ4v) is 4.26. The van der Waals surface area contributed by atoms with E-state index in [-0.39, 0.29) is 42.6 Å². The van der Waals surface area contributed by atoms with Crippen LogP contribution in [0.25, 0.3) is 11.2 Å². The predicted molar refractivity (Wildman–Crippen MR) is 164 cm³/mol. The van der Waals surface area contributed by atoms with Gasteiger partial charge in [0.1, 0.15) is 5.82 Å². The molecule has 0 saturated carbocycles. The first kappa shape index (κ1) is 35.3. The average molecular weight is 641 g/mol. The van der Waals surface area contributed by atoms with Gasteiger partial charge in [-0.15, -0.1) is 11.6 Å². The monoisotopic (exact) mass is 640 g/mol. The summed E-state index contributed by atoms with van der Waals surface area (Å²) >= 11 is 5.65. The third-order valence-corrected chi connectivity index (χ3v) is 6.54. The van der Waals surface area contributed by atoms with Crippen LogP contribution in [0.4, 0.5) is 10.3 Å². The second kappa shape index (κ2) is 20.7. The predicted octanol–water partition coefficient (Wildman–Crippen LogP) is 2.50. The summed E-state index contributed by atoms with van der Waals surface area (Å²) in [4.78, 5) is 36.0. The van der Waals surface area contributed by atoms with Crippen LogP contribution in [-0.4, -0.2) is 104 Å². The number of ether oxygens (including phenoxy) is 5. The molecule has 3 aromatic rings. The molecule has 0 radical (unpaired) electrons. The number of benzene rings is 1. The van der Waals surface area contributed by atoms with Crippen LogP contribution >= 0.6 is 11.6 Å². The molecule has 0 bridgehead atoms. The Morgan fingerprint density at radius 2 is 1.41 bits per heavy atom. The zero-order chi connectivity index (χ0) is 31.4. The number of alkyl halides is 1. The van der Waals surface area contributed by atoms with Crippen molar-refractivity contribution in [2.75, 3.05) is 84.2 Å². The van der Waals surface area contributed by atoms with E-state index in [1.807, 2.05) is 0 Å². The molecule has 0 atom stereocenters. The number of carbonyl (C=O) groups excluding carboxylic acids is 1. The number of anilines is 1. The Morgan fingerprint density at radius 3 is 2.02 bits per heavy atom. The minimum absolute atomic E-state index is 0.0263. The van der Waals surface area contributed by atoms with Gasteiger partial charge in [0.05, 0.1) is 66.0 Å². The van der Waals surface area contributed by atoms with Crippen molar-refractivity contribution >= 4 is 34.6 Å². The minimum atomic E-state index is -0.567. The largest absolute Gasteiger partial charge is 0.379 e. The first-order valence-electron chi connectivity index (χ1n) is 14.7. The van der Waals surface area contributed by atoms with Gasteiger partial charge < -0.3 is 34.7 Å². The number of nitrogen functional groups attached to an aromatic ring is 1. The normalized spacial score (nSPS) is 11.4. The molecule has 13 nitrogen and oxygen atoms in total. The van der Waals surface area contributed by atoms with Gasteiger partial charge in [0.25, 0.3) is 11.5 Å². The number of nitrogens with zero attached hydrogens (tertiary/aromatic N) is 3. The minimum Gasteiger partial charge on any atom is -0.379 e. The Balaban J connectivity index is 1.24. The number of hydrogen-bond acceptors (Lipinski definition) is 10. The Hall–Kier alpha value is -3.14. The summed E-state index contributed by atoms with van der Waals surface area (Å²) in [5.41, 5.74) is 5.95. The van der Waals surface area contributed by atoms with Crippen LogP contribution in [0.2, 0.25) is 0 Å². The molecular formula is C29H42ClFN6O7. The lowest BCUT2D eigenvalue weighted by atomic mass is 10.2. The van der Waals surface area contributed by atoms with E-state index >= 15 is 0 Å². The number of nitrogens with two attached hydrogens (primary N) is 1. The number of nitrogens with one attached hydrogen (secondary N) is 2. The smallest absolute Gasteiger partial charge is 0.287 e. The van der Waals surface area contributed by atoms with E-state index in [0.29, 0.717) is 58.4 Å². The van der Waals surface area contributed by atoms with E-state index in [1.165, 1.54) is 16.7 Å². The highest BCUT2D eigenvalue weighted by atomic mass is 35.5. The van der Waals surface area contributed by atoms with Gasteiger partial charge in [-0.3, -0.25) is 19.1 Å². The molecule has 2 heterocycles. The fourth-order valence-electron chi connectivity index (χ4n) is 4.07. The molecule has 0 unspecified atom stereocenters. The zero-order valence-electron chi connectivity index (χ0n) is 24.9. The van der Waals surface area contributed by atoms with Crippen molar-refractivity contribution in [2.45, 2.75) is 32.2 Å². The van der Waals surface area contributed by atoms with Crippen LogP contribution in [0.3, 0.4) is 0 Å². The first-order chi connectivity index (χ1) is 21.5. The van der Waals surface area contributed by atoms with Gasteiger partial charge in [-0.05, 0) is 30.5 Å². The average Bonchev–Trinajstić information content (AvgIpc) is 3.37. The van der Waals surface area contributed by atoms with E-state index in [4.69, 9.17) is 41.0 Å². The number of rotatable bonds is 24. The molecule has 1 amide bonds. The van der Waals surface area contributed by atoms with Gasteiger partial charge in [-0.1, -0.05) is 25.0 Å². The van der Waals surface area contributed by atoms with Crippen molar-refractivity contribution in [2.24, 2.45) is 0 Å². The maximum Gasteiger partial charge on any atom is 0.287 e. The van der Waals surface area contributed by atoms with E-state index in [0.717, 1.165) is 38.2 Å². The number of carbonyl (C=O) groups is 1. The van der Waals surface area contributed by atoms with Crippen molar-refractivity contribution in [3.05, 3.63) is 51.8 Å². The van der Waals surface area contributed by atoms with Gasteiger partial charge in [-0.2, -0.15) is 4.98 Å². The summed E-state index contributed by atoms with van der Waals surface area (Å²) in [5.74, 6) is -0.328. The number of unbranched alkanes of at least 4 members (excludes halogenated alkanes) is 3. The molecule has 0 aliphatic rings. The summed E-state index contributed by atoms with van der Waals surface area (Å²) in [7, 11) is 0. The molecule has 3 rings (SSSR count). The van der Waals surface area contributed by atoms with Crippen LogP contribution < -0.4 is 16.6 Å². The molecule has 0 saturated heterocycles.